The Labute approximate surface area is 161 Å². The fourth-order valence-corrected chi connectivity index (χ4v) is 4.15. The molecule has 2 heterocycles. The van der Waals surface area contributed by atoms with Crippen molar-refractivity contribution in [1.82, 2.24) is 4.98 Å². The fourth-order valence-electron chi connectivity index (χ4n) is 3.14. The molecule has 0 aliphatic rings. The second kappa shape index (κ2) is 6.85. The van der Waals surface area contributed by atoms with Crippen LogP contribution in [-0.4, -0.2) is 17.9 Å². The molecule has 27 heavy (non-hydrogen) atoms. The van der Waals surface area contributed by atoms with Crippen molar-refractivity contribution in [3.63, 3.8) is 0 Å². The number of carbonyl (C=O) groups is 1. The number of hydrogen-bond acceptors (Lipinski definition) is 5. The number of aromatic nitrogens is 1. The summed E-state index contributed by atoms with van der Waals surface area (Å²) in [5.41, 5.74) is 10.7. The lowest BCUT2D eigenvalue weighted by molar-refractivity contribution is 0.102. The predicted octanol–water partition coefficient (Wildman–Crippen LogP) is 5.42. The van der Waals surface area contributed by atoms with Crippen molar-refractivity contribution in [2.75, 3.05) is 12.8 Å². The van der Waals surface area contributed by atoms with Gasteiger partial charge in [-0.1, -0.05) is 42.5 Å². The molecular formula is C22H18N2O2S. The number of Topliss-reactive ketones (excluding diaryl/α,β-unsaturated/α-hetero) is 1. The fraction of sp³-hybridized carbons (Fsp3) is 0.0909. The van der Waals surface area contributed by atoms with E-state index in [9.17, 15) is 4.79 Å². The van der Waals surface area contributed by atoms with E-state index < -0.39 is 0 Å². The zero-order chi connectivity index (χ0) is 19.0. The minimum Gasteiger partial charge on any atom is -0.497 e. The van der Waals surface area contributed by atoms with Gasteiger partial charge in [-0.25, -0.2) is 4.98 Å². The van der Waals surface area contributed by atoms with Gasteiger partial charge < -0.3 is 10.5 Å². The number of methoxy groups -OCH3 is 1. The molecule has 134 valence electrons. The number of rotatable bonds is 4. The van der Waals surface area contributed by atoms with E-state index in [0.29, 0.717) is 10.6 Å². The van der Waals surface area contributed by atoms with E-state index in [1.54, 1.807) is 7.11 Å². The van der Waals surface area contributed by atoms with Gasteiger partial charge in [0, 0.05) is 17.9 Å². The molecule has 0 aliphatic heterocycles. The van der Waals surface area contributed by atoms with Crippen LogP contribution in [0.3, 0.4) is 0 Å². The van der Waals surface area contributed by atoms with Crippen LogP contribution < -0.4 is 10.5 Å². The topological polar surface area (TPSA) is 65.2 Å². The summed E-state index contributed by atoms with van der Waals surface area (Å²) in [4.78, 5) is 18.1. The number of nitrogens with two attached hydrogens (primary N) is 1. The molecule has 4 nitrogen and oxygen atoms in total. The van der Waals surface area contributed by atoms with Crippen molar-refractivity contribution in [3.8, 4) is 28.1 Å². The van der Waals surface area contributed by atoms with Crippen molar-refractivity contribution in [3.05, 3.63) is 65.5 Å². The zero-order valence-corrected chi connectivity index (χ0v) is 15.8. The van der Waals surface area contributed by atoms with E-state index in [2.05, 4.69) is 0 Å². The second-order valence-corrected chi connectivity index (χ2v) is 7.23. The molecule has 0 amide bonds. The number of ketones is 1. The van der Waals surface area contributed by atoms with E-state index in [0.717, 1.165) is 38.4 Å². The van der Waals surface area contributed by atoms with Gasteiger partial charge in [0.05, 0.1) is 23.4 Å². The summed E-state index contributed by atoms with van der Waals surface area (Å²) >= 11 is 1.35. The molecular weight excluding hydrogens is 356 g/mol. The molecule has 0 saturated heterocycles. The monoisotopic (exact) mass is 374 g/mol. The third-order valence-corrected chi connectivity index (χ3v) is 5.69. The van der Waals surface area contributed by atoms with Gasteiger partial charge in [0.25, 0.3) is 0 Å². The number of anilines is 1. The first-order valence-corrected chi connectivity index (χ1v) is 9.34. The maximum absolute atomic E-state index is 12.0. The van der Waals surface area contributed by atoms with E-state index in [4.69, 9.17) is 15.5 Å². The number of benzene rings is 2. The first-order chi connectivity index (χ1) is 13.1. The van der Waals surface area contributed by atoms with Crippen LogP contribution in [-0.2, 0) is 0 Å². The molecule has 0 fully saturated rings. The maximum atomic E-state index is 12.0. The molecule has 4 rings (SSSR count). The Bertz CT molecular complexity index is 1130. The van der Waals surface area contributed by atoms with Gasteiger partial charge in [0.2, 0.25) is 0 Å². The Morgan fingerprint density at radius 2 is 1.74 bits per heavy atom. The Kier molecular flexibility index (Phi) is 4.38. The molecule has 0 saturated carbocycles. The van der Waals surface area contributed by atoms with E-state index in [-0.39, 0.29) is 5.78 Å². The highest BCUT2D eigenvalue weighted by molar-refractivity contribution is 7.21. The number of ether oxygens (including phenoxy) is 1. The SMILES string of the molecule is COc1ccc(-c2cc(-c3ccccc3)nc3sc(C(C)=O)c(N)c23)cc1. The summed E-state index contributed by atoms with van der Waals surface area (Å²) in [6.45, 7) is 1.53. The van der Waals surface area contributed by atoms with Crippen molar-refractivity contribution in [2.24, 2.45) is 0 Å². The number of nitrogen functional groups attached to an aromatic ring is 1. The van der Waals surface area contributed by atoms with Crippen LogP contribution in [0.15, 0.2) is 60.7 Å². The maximum Gasteiger partial charge on any atom is 0.171 e. The largest absolute Gasteiger partial charge is 0.497 e. The van der Waals surface area contributed by atoms with Crippen LogP contribution in [0, 0.1) is 0 Å². The van der Waals surface area contributed by atoms with E-state index in [1.807, 2.05) is 60.7 Å². The number of fused-ring (bicyclic) bond motifs is 1. The Balaban J connectivity index is 2.02. The molecule has 0 bridgehead atoms. The van der Waals surface area contributed by atoms with Gasteiger partial charge >= 0.3 is 0 Å². The third-order valence-electron chi connectivity index (χ3n) is 4.49. The zero-order valence-electron chi connectivity index (χ0n) is 15.0. The second-order valence-electron chi connectivity index (χ2n) is 6.23. The Morgan fingerprint density at radius 1 is 1.04 bits per heavy atom. The third kappa shape index (κ3) is 3.06. The molecule has 5 heteroatoms. The number of carbonyl (C=O) groups excluding carboxylic acids is 1. The van der Waals surface area contributed by atoms with Crippen LogP contribution in [0.1, 0.15) is 16.6 Å². The summed E-state index contributed by atoms with van der Waals surface area (Å²) in [5.74, 6) is 0.743. The van der Waals surface area contributed by atoms with Crippen molar-refractivity contribution in [1.29, 1.82) is 0 Å². The Morgan fingerprint density at radius 3 is 2.37 bits per heavy atom. The van der Waals surface area contributed by atoms with E-state index >= 15 is 0 Å². The van der Waals surface area contributed by atoms with Gasteiger partial charge in [-0.15, -0.1) is 11.3 Å². The van der Waals surface area contributed by atoms with Crippen molar-refractivity contribution < 1.29 is 9.53 Å². The Hall–Kier alpha value is -3.18. The van der Waals surface area contributed by atoms with Gasteiger partial charge in [-0.3, -0.25) is 4.79 Å². The molecule has 0 aliphatic carbocycles. The molecule has 2 N–H and O–H groups in total. The predicted molar refractivity (Wildman–Crippen MR) is 111 cm³/mol. The van der Waals surface area contributed by atoms with Crippen LogP contribution >= 0.6 is 11.3 Å². The summed E-state index contributed by atoms with van der Waals surface area (Å²) in [6.07, 6.45) is 0. The average Bonchev–Trinajstić information content (AvgIpc) is 3.05. The summed E-state index contributed by atoms with van der Waals surface area (Å²) in [5, 5.41) is 0.829. The summed E-state index contributed by atoms with van der Waals surface area (Å²) in [7, 11) is 1.64. The molecule has 2 aromatic heterocycles. The smallest absolute Gasteiger partial charge is 0.171 e. The summed E-state index contributed by atoms with van der Waals surface area (Å²) < 4.78 is 5.27. The quantitative estimate of drug-likeness (QED) is 0.484. The molecule has 0 unspecified atom stereocenters. The minimum absolute atomic E-state index is 0.0440. The van der Waals surface area contributed by atoms with Crippen molar-refractivity contribution >= 4 is 33.0 Å². The minimum atomic E-state index is -0.0440. The standard InChI is InChI=1S/C22H18N2O2S/c1-13(25)21-20(23)19-17(14-8-10-16(26-2)11-9-14)12-18(24-22(19)27-21)15-6-4-3-5-7-15/h3-12H,23H2,1-2H3. The molecule has 0 atom stereocenters. The molecule has 0 radical (unpaired) electrons. The lowest BCUT2D eigenvalue weighted by atomic mass is 9.99. The first-order valence-electron chi connectivity index (χ1n) is 8.52. The van der Waals surface area contributed by atoms with E-state index in [1.165, 1.54) is 18.3 Å². The number of pyridine rings is 1. The number of hydrogen-bond donors (Lipinski definition) is 1. The van der Waals surface area contributed by atoms with Crippen LogP contribution in [0.2, 0.25) is 0 Å². The number of nitrogens with zero attached hydrogens (tertiary/aromatic N) is 1. The highest BCUT2D eigenvalue weighted by Crippen LogP contribution is 2.41. The number of thiophene rings is 1. The van der Waals surface area contributed by atoms with Gasteiger partial charge in [-0.05, 0) is 29.3 Å². The summed E-state index contributed by atoms with van der Waals surface area (Å²) in [6, 6.07) is 19.8. The van der Waals surface area contributed by atoms with Gasteiger partial charge in [-0.2, -0.15) is 0 Å². The lowest BCUT2D eigenvalue weighted by Gasteiger charge is -2.09. The highest BCUT2D eigenvalue weighted by Gasteiger charge is 2.19. The molecule has 2 aromatic carbocycles. The lowest BCUT2D eigenvalue weighted by Crippen LogP contribution is -1.95. The van der Waals surface area contributed by atoms with Crippen molar-refractivity contribution in [2.45, 2.75) is 6.92 Å². The average molecular weight is 374 g/mol. The molecule has 4 aromatic rings. The van der Waals surface area contributed by atoms with Crippen LogP contribution in [0.5, 0.6) is 5.75 Å². The highest BCUT2D eigenvalue weighted by atomic mass is 32.1. The van der Waals surface area contributed by atoms with Crippen LogP contribution in [0.25, 0.3) is 32.6 Å². The molecule has 0 spiro atoms. The van der Waals surface area contributed by atoms with Gasteiger partial charge in [0.1, 0.15) is 10.6 Å². The van der Waals surface area contributed by atoms with Crippen LogP contribution in [0.4, 0.5) is 5.69 Å². The normalized spacial score (nSPS) is 10.9. The van der Waals surface area contributed by atoms with Gasteiger partial charge in [0.15, 0.2) is 5.78 Å². The first kappa shape index (κ1) is 17.2.